The second-order valence-corrected chi connectivity index (χ2v) is 5.44. The molecule has 122 valence electrons. The third-order valence-corrected chi connectivity index (χ3v) is 3.60. The number of hydrogen-bond acceptors (Lipinski definition) is 2. The van der Waals surface area contributed by atoms with E-state index < -0.39 is 22.7 Å². The zero-order chi connectivity index (χ0) is 17.2. The fourth-order valence-electron chi connectivity index (χ4n) is 1.97. The molecular formula is C16H14ClF3N2O. The summed E-state index contributed by atoms with van der Waals surface area (Å²) in [6.45, 7) is 0. The van der Waals surface area contributed by atoms with Crippen molar-refractivity contribution < 1.29 is 18.0 Å². The number of hydrogen-bond donors (Lipinski definition) is 1. The fourth-order valence-corrected chi connectivity index (χ4v) is 2.29. The average molecular weight is 343 g/mol. The molecule has 1 amide bonds. The molecule has 0 unspecified atom stereocenters. The van der Waals surface area contributed by atoms with E-state index in [-0.39, 0.29) is 5.56 Å². The van der Waals surface area contributed by atoms with Crippen LogP contribution in [0.3, 0.4) is 0 Å². The van der Waals surface area contributed by atoms with E-state index in [0.29, 0.717) is 5.69 Å². The van der Waals surface area contributed by atoms with E-state index in [1.807, 2.05) is 19.0 Å². The normalized spacial score (nSPS) is 11.2. The lowest BCUT2D eigenvalue weighted by atomic mass is 10.1. The molecule has 1 N–H and O–H groups in total. The Morgan fingerprint density at radius 1 is 1.09 bits per heavy atom. The van der Waals surface area contributed by atoms with Gasteiger partial charge in [-0.15, -0.1) is 0 Å². The van der Waals surface area contributed by atoms with E-state index in [0.717, 1.165) is 17.8 Å². The molecule has 2 rings (SSSR count). The minimum Gasteiger partial charge on any atom is -0.378 e. The van der Waals surface area contributed by atoms with Crippen molar-refractivity contribution in [2.45, 2.75) is 6.18 Å². The molecule has 3 nitrogen and oxygen atoms in total. The predicted octanol–water partition coefficient (Wildman–Crippen LogP) is 4.68. The van der Waals surface area contributed by atoms with Crippen LogP contribution in [-0.2, 0) is 6.18 Å². The molecule has 0 atom stereocenters. The number of benzene rings is 2. The summed E-state index contributed by atoms with van der Waals surface area (Å²) in [5.74, 6) is -0.696. The molecule has 0 bridgehead atoms. The lowest BCUT2D eigenvalue weighted by Gasteiger charge is -2.14. The summed E-state index contributed by atoms with van der Waals surface area (Å²) in [7, 11) is 3.74. The van der Waals surface area contributed by atoms with E-state index in [1.54, 1.807) is 24.3 Å². The molecule has 0 saturated heterocycles. The molecule has 0 aliphatic rings. The Morgan fingerprint density at radius 3 is 2.22 bits per heavy atom. The van der Waals surface area contributed by atoms with E-state index in [9.17, 15) is 18.0 Å². The van der Waals surface area contributed by atoms with Crippen molar-refractivity contribution >= 4 is 28.9 Å². The summed E-state index contributed by atoms with van der Waals surface area (Å²) in [4.78, 5) is 14.0. The highest BCUT2D eigenvalue weighted by Crippen LogP contribution is 2.36. The van der Waals surface area contributed by atoms with Gasteiger partial charge in [0.1, 0.15) is 0 Å². The molecule has 7 heteroatoms. The first-order valence-electron chi connectivity index (χ1n) is 6.64. The van der Waals surface area contributed by atoms with Gasteiger partial charge in [0.05, 0.1) is 16.1 Å². The number of carbonyl (C=O) groups excluding carboxylic acids is 1. The highest BCUT2D eigenvalue weighted by molar-refractivity contribution is 6.35. The minimum absolute atomic E-state index is 0.224. The molecule has 0 radical (unpaired) electrons. The van der Waals surface area contributed by atoms with Crippen molar-refractivity contribution in [2.24, 2.45) is 0 Å². The number of carbonyl (C=O) groups is 1. The molecule has 0 aliphatic heterocycles. The summed E-state index contributed by atoms with van der Waals surface area (Å²) in [6, 6.07) is 10.1. The van der Waals surface area contributed by atoms with Crippen LogP contribution in [0.15, 0.2) is 42.5 Å². The zero-order valence-corrected chi connectivity index (χ0v) is 13.2. The minimum atomic E-state index is -4.61. The molecule has 0 aromatic heterocycles. The van der Waals surface area contributed by atoms with Crippen molar-refractivity contribution in [3.8, 4) is 0 Å². The van der Waals surface area contributed by atoms with Crippen LogP contribution in [0, 0.1) is 0 Å². The van der Waals surface area contributed by atoms with Crippen molar-refractivity contribution in [2.75, 3.05) is 24.3 Å². The Labute approximate surface area is 136 Å². The average Bonchev–Trinajstić information content (AvgIpc) is 2.46. The Hall–Kier alpha value is -2.21. The van der Waals surface area contributed by atoms with Gasteiger partial charge in [0.2, 0.25) is 0 Å². The predicted molar refractivity (Wildman–Crippen MR) is 85.2 cm³/mol. The van der Waals surface area contributed by atoms with Crippen molar-refractivity contribution in [1.29, 1.82) is 0 Å². The van der Waals surface area contributed by atoms with Crippen LogP contribution in [-0.4, -0.2) is 20.0 Å². The summed E-state index contributed by atoms with van der Waals surface area (Å²) in [6.07, 6.45) is -4.61. The second kappa shape index (κ2) is 6.50. The summed E-state index contributed by atoms with van der Waals surface area (Å²) in [5, 5.41) is 1.93. The molecular weight excluding hydrogens is 329 g/mol. The largest absolute Gasteiger partial charge is 0.417 e. The van der Waals surface area contributed by atoms with Crippen molar-refractivity contribution in [3.63, 3.8) is 0 Å². The van der Waals surface area contributed by atoms with E-state index in [4.69, 9.17) is 11.6 Å². The van der Waals surface area contributed by atoms with Gasteiger partial charge in [-0.05, 0) is 36.4 Å². The van der Waals surface area contributed by atoms with Crippen LogP contribution < -0.4 is 10.2 Å². The third kappa shape index (κ3) is 3.96. The van der Waals surface area contributed by atoms with Gasteiger partial charge in [0, 0.05) is 25.5 Å². The van der Waals surface area contributed by atoms with Crippen LogP contribution in [0.25, 0.3) is 0 Å². The summed E-state index contributed by atoms with van der Waals surface area (Å²) < 4.78 is 38.5. The maximum absolute atomic E-state index is 12.8. The lowest BCUT2D eigenvalue weighted by Crippen LogP contribution is -2.15. The van der Waals surface area contributed by atoms with E-state index in [1.165, 1.54) is 6.07 Å². The fraction of sp³-hybridized carbons (Fsp3) is 0.188. The smallest absolute Gasteiger partial charge is 0.378 e. The molecule has 23 heavy (non-hydrogen) atoms. The van der Waals surface area contributed by atoms with Crippen molar-refractivity contribution in [1.82, 2.24) is 0 Å². The number of nitrogens with one attached hydrogen (secondary N) is 1. The highest BCUT2D eigenvalue weighted by Gasteiger charge is 2.34. The first-order valence-corrected chi connectivity index (χ1v) is 7.02. The third-order valence-electron chi connectivity index (χ3n) is 3.19. The number of anilines is 2. The quantitative estimate of drug-likeness (QED) is 0.878. The number of nitrogens with zero attached hydrogens (tertiary/aromatic N) is 1. The van der Waals surface area contributed by atoms with Crippen LogP contribution >= 0.6 is 11.6 Å². The molecule has 0 aliphatic carbocycles. The molecule has 0 heterocycles. The van der Waals surface area contributed by atoms with Gasteiger partial charge in [0.25, 0.3) is 5.91 Å². The standard InChI is InChI=1S/C16H14ClF3N2O/c1-22(2)11-8-6-10(7-9-11)21-15(23)12-4-3-5-13(14(12)17)16(18,19)20/h3-9H,1-2H3,(H,21,23). The monoisotopic (exact) mass is 342 g/mol. The number of rotatable bonds is 3. The molecule has 0 saturated carbocycles. The van der Waals surface area contributed by atoms with Gasteiger partial charge in [-0.2, -0.15) is 13.2 Å². The van der Waals surface area contributed by atoms with Crippen LogP contribution in [0.1, 0.15) is 15.9 Å². The first kappa shape index (κ1) is 17.1. The van der Waals surface area contributed by atoms with E-state index in [2.05, 4.69) is 5.32 Å². The number of alkyl halides is 3. The van der Waals surface area contributed by atoms with Gasteiger partial charge < -0.3 is 10.2 Å². The SMILES string of the molecule is CN(C)c1ccc(NC(=O)c2cccc(C(F)(F)F)c2Cl)cc1. The summed E-state index contributed by atoms with van der Waals surface area (Å²) >= 11 is 5.73. The van der Waals surface area contributed by atoms with E-state index >= 15 is 0 Å². The van der Waals surface area contributed by atoms with Crippen molar-refractivity contribution in [3.05, 3.63) is 58.6 Å². The maximum atomic E-state index is 12.8. The van der Waals surface area contributed by atoms with Gasteiger partial charge >= 0.3 is 6.18 Å². The van der Waals surface area contributed by atoms with Crippen LogP contribution in [0.4, 0.5) is 24.5 Å². The van der Waals surface area contributed by atoms with Crippen LogP contribution in [0.2, 0.25) is 5.02 Å². The van der Waals surface area contributed by atoms with Gasteiger partial charge in [0.15, 0.2) is 0 Å². The van der Waals surface area contributed by atoms with Gasteiger partial charge in [-0.1, -0.05) is 17.7 Å². The Morgan fingerprint density at radius 2 is 1.70 bits per heavy atom. The number of halogens is 4. The Bertz CT molecular complexity index is 712. The highest BCUT2D eigenvalue weighted by atomic mass is 35.5. The van der Waals surface area contributed by atoms with Crippen LogP contribution in [0.5, 0.6) is 0 Å². The van der Waals surface area contributed by atoms with Gasteiger partial charge in [-0.25, -0.2) is 0 Å². The first-order chi connectivity index (χ1) is 10.7. The molecule has 0 spiro atoms. The molecule has 2 aromatic rings. The second-order valence-electron chi connectivity index (χ2n) is 5.06. The summed E-state index contributed by atoms with van der Waals surface area (Å²) in [5.41, 5.74) is 0.141. The maximum Gasteiger partial charge on any atom is 0.417 e. The lowest BCUT2D eigenvalue weighted by molar-refractivity contribution is -0.137. The Balaban J connectivity index is 2.24. The number of amides is 1. The topological polar surface area (TPSA) is 32.3 Å². The Kier molecular flexibility index (Phi) is 4.85. The zero-order valence-electron chi connectivity index (χ0n) is 12.4. The molecule has 2 aromatic carbocycles. The molecule has 0 fully saturated rings. The van der Waals surface area contributed by atoms with Gasteiger partial charge in [-0.3, -0.25) is 4.79 Å².